The molecule has 3 aromatic rings. The molecular weight excluding hydrogens is 494 g/mol. The first-order chi connectivity index (χ1) is 19.0. The number of nitrogens with zero attached hydrogens (tertiary/aromatic N) is 1. The van der Waals surface area contributed by atoms with Crippen LogP contribution >= 0.6 is 0 Å². The summed E-state index contributed by atoms with van der Waals surface area (Å²) in [6.45, 7) is 0.466. The fraction of sp³-hybridized carbons (Fsp3) is 0.375. The first-order valence-corrected chi connectivity index (χ1v) is 13.6. The number of hydrogen-bond donors (Lipinski definition) is 1. The van der Waals surface area contributed by atoms with Crippen LogP contribution in [0, 0.1) is 0 Å². The largest absolute Gasteiger partial charge is 0.493 e. The highest BCUT2D eigenvalue weighted by atomic mass is 16.5. The second kappa shape index (κ2) is 12.3. The Bertz CT molecular complexity index is 1270. The van der Waals surface area contributed by atoms with E-state index < -0.39 is 18.1 Å². The molecule has 1 heterocycles. The molecule has 0 bridgehead atoms. The summed E-state index contributed by atoms with van der Waals surface area (Å²) in [5, 5.41) is 10.3. The van der Waals surface area contributed by atoms with Gasteiger partial charge in [0, 0.05) is 18.5 Å². The van der Waals surface area contributed by atoms with Crippen molar-refractivity contribution in [1.82, 2.24) is 4.90 Å². The Morgan fingerprint density at radius 1 is 0.949 bits per heavy atom. The van der Waals surface area contributed by atoms with Gasteiger partial charge in [0.2, 0.25) is 0 Å². The number of carboxylic acids is 1. The predicted octanol–water partition coefficient (Wildman–Crippen LogP) is 5.70. The van der Waals surface area contributed by atoms with Gasteiger partial charge in [0.15, 0.2) is 17.6 Å². The van der Waals surface area contributed by atoms with Gasteiger partial charge in [-0.2, -0.15) is 0 Å². The molecule has 39 heavy (non-hydrogen) atoms. The lowest BCUT2D eigenvalue weighted by atomic mass is 9.91. The standard InChI is InChI=1S/C32H35NO6/c1-37-28-18-17-24-20-33(27(32(35)36)19-26(24)30(28)38-21-22-11-5-2-6-12-22)31(34)29(23-13-7-3-8-14-23)39-25-15-9-4-10-16-25/h2-3,5-8,11-14,17-18,25,27,29H,4,9-10,15-16,19-21H2,1H3,(H,35,36)/t27-,29+/m0/s1. The molecular formula is C32H35NO6. The number of fused-ring (bicyclic) bond motifs is 1. The van der Waals surface area contributed by atoms with Gasteiger partial charge in [-0.15, -0.1) is 0 Å². The highest BCUT2D eigenvalue weighted by molar-refractivity contribution is 5.88. The van der Waals surface area contributed by atoms with E-state index in [4.69, 9.17) is 14.2 Å². The van der Waals surface area contributed by atoms with Crippen LogP contribution in [0.4, 0.5) is 0 Å². The number of rotatable bonds is 9. The molecule has 2 aliphatic rings. The van der Waals surface area contributed by atoms with Gasteiger partial charge in [-0.25, -0.2) is 4.79 Å². The maximum absolute atomic E-state index is 14.1. The van der Waals surface area contributed by atoms with E-state index in [0.29, 0.717) is 18.1 Å². The minimum atomic E-state index is -1.06. The molecule has 1 N–H and O–H groups in total. The summed E-state index contributed by atoms with van der Waals surface area (Å²) in [6, 6.07) is 21.8. The third-order valence-corrected chi connectivity index (χ3v) is 7.66. The quantitative estimate of drug-likeness (QED) is 0.383. The van der Waals surface area contributed by atoms with Gasteiger partial charge in [-0.05, 0) is 35.6 Å². The van der Waals surface area contributed by atoms with Gasteiger partial charge >= 0.3 is 5.97 Å². The van der Waals surface area contributed by atoms with E-state index in [9.17, 15) is 14.7 Å². The number of carboxylic acid groups (broad SMARTS) is 1. The maximum atomic E-state index is 14.1. The van der Waals surface area contributed by atoms with Crippen LogP contribution in [0.2, 0.25) is 0 Å². The molecule has 0 spiro atoms. The fourth-order valence-electron chi connectivity index (χ4n) is 5.57. The van der Waals surface area contributed by atoms with Crippen LogP contribution < -0.4 is 9.47 Å². The topological polar surface area (TPSA) is 85.3 Å². The first-order valence-electron chi connectivity index (χ1n) is 13.6. The third-order valence-electron chi connectivity index (χ3n) is 7.66. The van der Waals surface area contributed by atoms with Crippen LogP contribution in [0.15, 0.2) is 72.8 Å². The van der Waals surface area contributed by atoms with E-state index in [1.807, 2.05) is 72.8 Å². The zero-order valence-corrected chi connectivity index (χ0v) is 22.3. The average Bonchev–Trinajstić information content (AvgIpc) is 2.99. The van der Waals surface area contributed by atoms with Crippen LogP contribution in [-0.2, 0) is 33.9 Å². The van der Waals surface area contributed by atoms with Gasteiger partial charge in [0.25, 0.3) is 5.91 Å². The molecule has 3 aromatic carbocycles. The summed E-state index contributed by atoms with van der Waals surface area (Å²) in [6.07, 6.45) is 4.37. The Labute approximate surface area is 229 Å². The molecule has 0 radical (unpaired) electrons. The first kappa shape index (κ1) is 26.8. The molecule has 1 aliphatic heterocycles. The summed E-state index contributed by atoms with van der Waals surface area (Å²) in [4.78, 5) is 28.1. The average molecular weight is 530 g/mol. The maximum Gasteiger partial charge on any atom is 0.326 e. The second-order valence-corrected chi connectivity index (χ2v) is 10.2. The van der Waals surface area contributed by atoms with Gasteiger partial charge in [0.1, 0.15) is 12.6 Å². The van der Waals surface area contributed by atoms with E-state index in [2.05, 4.69) is 0 Å². The summed E-state index contributed by atoms with van der Waals surface area (Å²) >= 11 is 0. The molecule has 5 rings (SSSR count). The number of ether oxygens (including phenoxy) is 3. The summed E-state index contributed by atoms with van der Waals surface area (Å²) in [7, 11) is 1.57. The summed E-state index contributed by atoms with van der Waals surface area (Å²) in [5.74, 6) is -0.325. The van der Waals surface area contributed by atoms with Crippen molar-refractivity contribution in [1.29, 1.82) is 0 Å². The molecule has 204 valence electrons. The zero-order valence-electron chi connectivity index (χ0n) is 22.3. The lowest BCUT2D eigenvalue weighted by molar-refractivity contribution is -0.161. The van der Waals surface area contributed by atoms with Crippen LogP contribution in [-0.4, -0.2) is 41.1 Å². The van der Waals surface area contributed by atoms with Gasteiger partial charge < -0.3 is 24.2 Å². The molecule has 0 aromatic heterocycles. The monoisotopic (exact) mass is 529 g/mol. The number of carbonyl (C=O) groups is 2. The van der Waals surface area contributed by atoms with Crippen LogP contribution in [0.1, 0.15) is 60.5 Å². The van der Waals surface area contributed by atoms with E-state index in [1.54, 1.807) is 7.11 Å². The molecule has 1 saturated carbocycles. The highest BCUT2D eigenvalue weighted by Crippen LogP contribution is 2.40. The van der Waals surface area contributed by atoms with E-state index >= 15 is 0 Å². The highest BCUT2D eigenvalue weighted by Gasteiger charge is 2.40. The minimum Gasteiger partial charge on any atom is -0.493 e. The molecule has 0 unspecified atom stereocenters. The van der Waals surface area contributed by atoms with Crippen LogP contribution in [0.25, 0.3) is 0 Å². The van der Waals surface area contributed by atoms with Crippen molar-refractivity contribution in [2.45, 2.75) is 69.9 Å². The molecule has 7 heteroatoms. The Kier molecular flexibility index (Phi) is 8.47. The van der Waals surface area contributed by atoms with Crippen molar-refractivity contribution >= 4 is 11.9 Å². The summed E-state index contributed by atoms with van der Waals surface area (Å²) < 4.78 is 18.2. The molecule has 0 saturated heterocycles. The zero-order chi connectivity index (χ0) is 27.2. The SMILES string of the molecule is COc1ccc2c(c1OCc1ccccc1)C[C@@H](C(=O)O)N(C(=O)[C@H](OC1CCCCC1)c1ccccc1)C2. The Balaban J connectivity index is 1.45. The van der Waals surface area contributed by atoms with Crippen LogP contribution in [0.5, 0.6) is 11.5 Å². The van der Waals surface area contributed by atoms with Gasteiger partial charge in [0.05, 0.1) is 13.2 Å². The number of amides is 1. The molecule has 1 fully saturated rings. The van der Waals surface area contributed by atoms with Crippen molar-refractivity contribution in [2.24, 2.45) is 0 Å². The van der Waals surface area contributed by atoms with E-state index in [0.717, 1.165) is 47.9 Å². The van der Waals surface area contributed by atoms with Crippen molar-refractivity contribution in [3.8, 4) is 11.5 Å². The lowest BCUT2D eigenvalue weighted by Crippen LogP contribution is -2.51. The fourth-order valence-corrected chi connectivity index (χ4v) is 5.57. The minimum absolute atomic E-state index is 0.0180. The number of aliphatic carboxylic acids is 1. The van der Waals surface area contributed by atoms with Crippen molar-refractivity contribution < 1.29 is 28.9 Å². The smallest absolute Gasteiger partial charge is 0.326 e. The molecule has 1 aliphatic carbocycles. The van der Waals surface area contributed by atoms with Crippen molar-refractivity contribution in [3.63, 3.8) is 0 Å². The number of benzene rings is 3. The van der Waals surface area contributed by atoms with Gasteiger partial charge in [-0.1, -0.05) is 86.0 Å². The molecule has 2 atom stereocenters. The number of carbonyl (C=O) groups excluding carboxylic acids is 1. The number of hydrogen-bond acceptors (Lipinski definition) is 5. The Hall–Kier alpha value is -3.84. The lowest BCUT2D eigenvalue weighted by Gasteiger charge is -2.38. The normalized spacial score (nSPS) is 18.2. The molecule has 7 nitrogen and oxygen atoms in total. The summed E-state index contributed by atoms with van der Waals surface area (Å²) in [5.41, 5.74) is 3.33. The van der Waals surface area contributed by atoms with Crippen molar-refractivity contribution in [3.05, 3.63) is 95.1 Å². The molecule has 1 amide bonds. The third kappa shape index (κ3) is 6.09. The van der Waals surface area contributed by atoms with E-state index in [1.165, 1.54) is 11.3 Å². The number of methoxy groups -OCH3 is 1. The predicted molar refractivity (Wildman–Crippen MR) is 147 cm³/mol. The Morgan fingerprint density at radius 3 is 2.31 bits per heavy atom. The Morgan fingerprint density at radius 2 is 1.64 bits per heavy atom. The van der Waals surface area contributed by atoms with Crippen LogP contribution in [0.3, 0.4) is 0 Å². The van der Waals surface area contributed by atoms with Gasteiger partial charge in [-0.3, -0.25) is 4.79 Å². The van der Waals surface area contributed by atoms with Crippen molar-refractivity contribution in [2.75, 3.05) is 7.11 Å². The van der Waals surface area contributed by atoms with E-state index in [-0.39, 0.29) is 25.0 Å². The second-order valence-electron chi connectivity index (χ2n) is 10.2.